The standard InChI is InChI=1S/C13H10N6S/c1-8-4-3-5-10(6-8)12-11(7-14)16-18-19(12)13-17-15-9(2)20-13/h3-6H,1-2H3. The van der Waals surface area contributed by atoms with Crippen LogP contribution in [0.5, 0.6) is 0 Å². The normalized spacial score (nSPS) is 10.4. The van der Waals surface area contributed by atoms with Crippen molar-refractivity contribution in [1.82, 2.24) is 25.2 Å². The first-order valence-electron chi connectivity index (χ1n) is 5.92. The molecule has 0 atom stereocenters. The number of rotatable bonds is 2. The Labute approximate surface area is 119 Å². The van der Waals surface area contributed by atoms with Gasteiger partial charge in [-0.05, 0) is 19.9 Å². The molecule has 0 amide bonds. The highest BCUT2D eigenvalue weighted by Crippen LogP contribution is 2.26. The van der Waals surface area contributed by atoms with Crippen LogP contribution in [0.4, 0.5) is 0 Å². The number of aryl methyl sites for hydroxylation is 2. The van der Waals surface area contributed by atoms with Gasteiger partial charge in [0.1, 0.15) is 16.8 Å². The molecule has 2 aromatic heterocycles. The van der Waals surface area contributed by atoms with E-state index in [1.807, 2.05) is 38.1 Å². The Morgan fingerprint density at radius 2 is 2.05 bits per heavy atom. The van der Waals surface area contributed by atoms with Gasteiger partial charge in [-0.1, -0.05) is 40.3 Å². The fourth-order valence-corrected chi connectivity index (χ4v) is 2.56. The lowest BCUT2D eigenvalue weighted by Crippen LogP contribution is -1.99. The van der Waals surface area contributed by atoms with Crippen LogP contribution in [0.25, 0.3) is 16.4 Å². The molecular formula is C13H10N6S. The van der Waals surface area contributed by atoms with Crippen LogP contribution in [0, 0.1) is 25.2 Å². The summed E-state index contributed by atoms with van der Waals surface area (Å²) in [6, 6.07) is 9.93. The monoisotopic (exact) mass is 282 g/mol. The Morgan fingerprint density at radius 3 is 2.70 bits per heavy atom. The Kier molecular flexibility index (Phi) is 3.00. The second kappa shape index (κ2) is 4.83. The summed E-state index contributed by atoms with van der Waals surface area (Å²) in [7, 11) is 0. The zero-order valence-electron chi connectivity index (χ0n) is 10.9. The molecule has 0 radical (unpaired) electrons. The van der Waals surface area contributed by atoms with Crippen molar-refractivity contribution in [2.24, 2.45) is 0 Å². The third-order valence-electron chi connectivity index (χ3n) is 2.76. The molecule has 3 aromatic rings. The van der Waals surface area contributed by atoms with Gasteiger partial charge in [0, 0.05) is 5.56 Å². The number of aromatic nitrogens is 5. The van der Waals surface area contributed by atoms with Crippen molar-refractivity contribution in [2.45, 2.75) is 13.8 Å². The first-order valence-corrected chi connectivity index (χ1v) is 6.74. The van der Waals surface area contributed by atoms with Gasteiger partial charge in [-0.3, -0.25) is 0 Å². The Hall–Kier alpha value is -2.59. The van der Waals surface area contributed by atoms with Gasteiger partial charge in [0.2, 0.25) is 5.13 Å². The summed E-state index contributed by atoms with van der Waals surface area (Å²) in [4.78, 5) is 0. The Morgan fingerprint density at radius 1 is 1.20 bits per heavy atom. The second-order valence-corrected chi connectivity index (χ2v) is 5.44. The van der Waals surface area contributed by atoms with Gasteiger partial charge < -0.3 is 0 Å². The minimum Gasteiger partial charge on any atom is -0.191 e. The lowest BCUT2D eigenvalue weighted by atomic mass is 10.1. The van der Waals surface area contributed by atoms with Gasteiger partial charge in [0.05, 0.1) is 0 Å². The molecular weight excluding hydrogens is 272 g/mol. The fraction of sp³-hybridized carbons (Fsp3) is 0.154. The van der Waals surface area contributed by atoms with E-state index < -0.39 is 0 Å². The van der Waals surface area contributed by atoms with E-state index in [0.29, 0.717) is 10.8 Å². The van der Waals surface area contributed by atoms with Crippen molar-refractivity contribution < 1.29 is 0 Å². The van der Waals surface area contributed by atoms with Crippen LogP contribution in [0.2, 0.25) is 0 Å². The molecule has 0 unspecified atom stereocenters. The van der Waals surface area contributed by atoms with Gasteiger partial charge in [-0.2, -0.15) is 9.94 Å². The van der Waals surface area contributed by atoms with Gasteiger partial charge in [0.15, 0.2) is 5.69 Å². The van der Waals surface area contributed by atoms with Gasteiger partial charge in [-0.15, -0.1) is 15.3 Å². The minimum atomic E-state index is 0.281. The number of nitriles is 1. The molecule has 1 aromatic carbocycles. The fourth-order valence-electron chi connectivity index (χ4n) is 1.91. The van der Waals surface area contributed by atoms with Crippen LogP contribution in [0.15, 0.2) is 24.3 Å². The van der Waals surface area contributed by atoms with E-state index in [4.69, 9.17) is 0 Å². The molecule has 0 saturated heterocycles. The van der Waals surface area contributed by atoms with Gasteiger partial charge in [0.25, 0.3) is 0 Å². The van der Waals surface area contributed by atoms with Crippen LogP contribution >= 0.6 is 11.3 Å². The quantitative estimate of drug-likeness (QED) is 0.720. The van der Waals surface area contributed by atoms with Crippen LogP contribution in [0.3, 0.4) is 0 Å². The Bertz CT molecular complexity index is 810. The molecule has 0 spiro atoms. The smallest absolute Gasteiger partial charge is 0.191 e. The molecule has 7 heteroatoms. The summed E-state index contributed by atoms with van der Waals surface area (Å²) in [6.07, 6.45) is 0. The van der Waals surface area contributed by atoms with Crippen LogP contribution in [0.1, 0.15) is 16.3 Å². The van der Waals surface area contributed by atoms with E-state index in [0.717, 1.165) is 16.1 Å². The first kappa shape index (κ1) is 12.4. The van der Waals surface area contributed by atoms with Crippen molar-refractivity contribution in [3.8, 4) is 22.5 Å². The summed E-state index contributed by atoms with van der Waals surface area (Å²) in [6.45, 7) is 3.87. The highest BCUT2D eigenvalue weighted by atomic mass is 32.1. The molecule has 0 bridgehead atoms. The van der Waals surface area contributed by atoms with E-state index in [2.05, 4.69) is 26.6 Å². The third kappa shape index (κ3) is 2.06. The number of hydrogen-bond acceptors (Lipinski definition) is 6. The summed E-state index contributed by atoms with van der Waals surface area (Å²) >= 11 is 1.41. The first-order chi connectivity index (χ1) is 9.69. The molecule has 0 aliphatic carbocycles. The maximum Gasteiger partial charge on any atom is 0.234 e. The van der Waals surface area contributed by atoms with Crippen molar-refractivity contribution in [2.75, 3.05) is 0 Å². The third-order valence-corrected chi connectivity index (χ3v) is 3.58. The van der Waals surface area contributed by atoms with Crippen LogP contribution in [-0.2, 0) is 0 Å². The molecule has 0 aliphatic heterocycles. The zero-order chi connectivity index (χ0) is 14.1. The number of benzene rings is 1. The lowest BCUT2D eigenvalue weighted by Gasteiger charge is -2.03. The molecule has 98 valence electrons. The molecule has 6 nitrogen and oxygen atoms in total. The van der Waals surface area contributed by atoms with E-state index in [1.165, 1.54) is 11.3 Å². The number of nitrogens with zero attached hydrogens (tertiary/aromatic N) is 6. The summed E-state index contributed by atoms with van der Waals surface area (Å²) in [5, 5.41) is 26.6. The number of hydrogen-bond donors (Lipinski definition) is 0. The van der Waals surface area contributed by atoms with Crippen molar-refractivity contribution in [3.05, 3.63) is 40.5 Å². The van der Waals surface area contributed by atoms with E-state index in [9.17, 15) is 5.26 Å². The molecule has 3 rings (SSSR count). The minimum absolute atomic E-state index is 0.281. The highest BCUT2D eigenvalue weighted by Gasteiger charge is 2.18. The SMILES string of the molecule is Cc1cccc(-c2c(C#N)nnn2-c2nnc(C)s2)c1. The molecule has 0 fully saturated rings. The largest absolute Gasteiger partial charge is 0.234 e. The summed E-state index contributed by atoms with van der Waals surface area (Å²) < 4.78 is 1.57. The maximum absolute atomic E-state index is 9.22. The van der Waals surface area contributed by atoms with Crippen LogP contribution < -0.4 is 0 Å². The van der Waals surface area contributed by atoms with E-state index in [1.54, 1.807) is 4.68 Å². The predicted octanol–water partition coefficient (Wildman–Crippen LogP) is 2.27. The van der Waals surface area contributed by atoms with Crippen LogP contribution in [-0.4, -0.2) is 25.2 Å². The van der Waals surface area contributed by atoms with Gasteiger partial charge in [-0.25, -0.2) is 0 Å². The van der Waals surface area contributed by atoms with Gasteiger partial charge >= 0.3 is 0 Å². The Balaban J connectivity index is 2.24. The predicted molar refractivity (Wildman–Crippen MR) is 74.5 cm³/mol. The van der Waals surface area contributed by atoms with Crippen molar-refractivity contribution in [3.63, 3.8) is 0 Å². The van der Waals surface area contributed by atoms with E-state index >= 15 is 0 Å². The van der Waals surface area contributed by atoms with Crippen molar-refractivity contribution in [1.29, 1.82) is 5.26 Å². The summed E-state index contributed by atoms with van der Waals surface area (Å²) in [5.74, 6) is 0. The topological polar surface area (TPSA) is 80.3 Å². The molecule has 0 saturated carbocycles. The molecule has 0 aliphatic rings. The molecule has 2 heterocycles. The van der Waals surface area contributed by atoms with Crippen molar-refractivity contribution >= 4 is 11.3 Å². The maximum atomic E-state index is 9.22. The second-order valence-electron chi connectivity index (χ2n) is 4.28. The zero-order valence-corrected chi connectivity index (χ0v) is 11.7. The van der Waals surface area contributed by atoms with E-state index in [-0.39, 0.29) is 5.69 Å². The molecule has 0 N–H and O–H groups in total. The highest BCUT2D eigenvalue weighted by molar-refractivity contribution is 7.13. The average molecular weight is 282 g/mol. The molecule has 20 heavy (non-hydrogen) atoms. The summed E-state index contributed by atoms with van der Waals surface area (Å²) in [5.41, 5.74) is 2.92. The lowest BCUT2D eigenvalue weighted by molar-refractivity contribution is 0.787. The average Bonchev–Trinajstić information content (AvgIpc) is 3.04.